The van der Waals surface area contributed by atoms with Gasteiger partial charge < -0.3 is 14.7 Å². The molecule has 0 saturated heterocycles. The molecule has 0 saturated carbocycles. The van der Waals surface area contributed by atoms with Crippen molar-refractivity contribution in [1.29, 1.82) is 0 Å². The Kier molecular flexibility index (Phi) is 6.61. The van der Waals surface area contributed by atoms with Crippen LogP contribution in [0.1, 0.15) is 22.9 Å². The smallest absolute Gasteiger partial charge is 0.416 e. The first-order chi connectivity index (χ1) is 13.1. The summed E-state index contributed by atoms with van der Waals surface area (Å²) in [5, 5.41) is 8.55. The molecule has 1 N–H and O–H groups in total. The monoisotopic (exact) mass is 399 g/mol. The average Bonchev–Trinajstić information content (AvgIpc) is 2.65. The summed E-state index contributed by atoms with van der Waals surface area (Å²) in [6.07, 6.45) is -6.63. The van der Waals surface area contributed by atoms with Crippen molar-refractivity contribution in [3.8, 4) is 5.75 Å². The number of likely N-dealkylation sites (N-methyl/N-ethyl adjacent to an activating group) is 1. The minimum atomic E-state index is -4.54. The highest BCUT2D eigenvalue weighted by molar-refractivity contribution is 5.82. The molecule has 5 nitrogen and oxygen atoms in total. The van der Waals surface area contributed by atoms with Gasteiger partial charge in [0.1, 0.15) is 5.75 Å². The van der Waals surface area contributed by atoms with Crippen LogP contribution in [0.5, 0.6) is 5.75 Å². The molecular formula is C19H17F4NO4. The van der Waals surface area contributed by atoms with Crippen LogP contribution in [-0.2, 0) is 22.3 Å². The van der Waals surface area contributed by atoms with Crippen LogP contribution < -0.4 is 4.74 Å². The van der Waals surface area contributed by atoms with Crippen LogP contribution >= 0.6 is 0 Å². The van der Waals surface area contributed by atoms with Crippen LogP contribution in [0.2, 0.25) is 0 Å². The maximum Gasteiger partial charge on any atom is 0.416 e. The fraction of sp³-hybridized carbons (Fsp3) is 0.263. The molecule has 2 rings (SSSR count). The molecular weight excluding hydrogens is 382 g/mol. The summed E-state index contributed by atoms with van der Waals surface area (Å²) in [4.78, 5) is 23.8. The number of alkyl halides is 4. The molecule has 2 aromatic rings. The van der Waals surface area contributed by atoms with Crippen LogP contribution in [0.15, 0.2) is 48.5 Å². The standard InChI is InChI=1S/C19H17F4NO4/c1-24(10-12-2-8-15(9-3-12)28-11-16(25)26)18(27)17(20)13-4-6-14(7-5-13)19(21,22)23/h2-9,17H,10-11H2,1H3,(H,25,26). The van der Waals surface area contributed by atoms with E-state index in [2.05, 4.69) is 0 Å². The fourth-order valence-corrected chi connectivity index (χ4v) is 2.37. The number of benzene rings is 2. The minimum Gasteiger partial charge on any atom is -0.482 e. The Morgan fingerprint density at radius 1 is 1.07 bits per heavy atom. The quantitative estimate of drug-likeness (QED) is 0.719. The summed E-state index contributed by atoms with van der Waals surface area (Å²) in [5.74, 6) is -1.69. The van der Waals surface area contributed by atoms with E-state index < -0.39 is 36.4 Å². The third-order valence-corrected chi connectivity index (χ3v) is 3.83. The second-order valence-electron chi connectivity index (χ2n) is 6.00. The lowest BCUT2D eigenvalue weighted by Crippen LogP contribution is -2.29. The maximum absolute atomic E-state index is 14.4. The summed E-state index contributed by atoms with van der Waals surface area (Å²) in [6.45, 7) is -0.437. The molecule has 0 radical (unpaired) electrons. The van der Waals surface area contributed by atoms with Crippen LogP contribution in [0.25, 0.3) is 0 Å². The van der Waals surface area contributed by atoms with Gasteiger partial charge in [0.25, 0.3) is 5.91 Å². The van der Waals surface area contributed by atoms with Gasteiger partial charge in [0, 0.05) is 13.6 Å². The molecule has 0 fully saturated rings. The van der Waals surface area contributed by atoms with Crippen molar-refractivity contribution >= 4 is 11.9 Å². The largest absolute Gasteiger partial charge is 0.482 e. The van der Waals surface area contributed by atoms with E-state index in [-0.39, 0.29) is 12.1 Å². The number of hydrogen-bond acceptors (Lipinski definition) is 3. The van der Waals surface area contributed by atoms with Crippen molar-refractivity contribution in [3.63, 3.8) is 0 Å². The fourth-order valence-electron chi connectivity index (χ4n) is 2.37. The number of carbonyl (C=O) groups excluding carboxylic acids is 1. The van der Waals surface area contributed by atoms with Gasteiger partial charge in [-0.25, -0.2) is 9.18 Å². The molecule has 0 bridgehead atoms. The Bertz CT molecular complexity index is 819. The first-order valence-electron chi connectivity index (χ1n) is 8.07. The first-order valence-corrected chi connectivity index (χ1v) is 8.07. The van der Waals surface area contributed by atoms with E-state index in [0.29, 0.717) is 11.3 Å². The summed E-state index contributed by atoms with van der Waals surface area (Å²) in [6, 6.07) is 9.54. The first kappa shape index (κ1) is 21.2. The molecule has 9 heteroatoms. The van der Waals surface area contributed by atoms with Crippen LogP contribution in [0, 0.1) is 0 Å². The van der Waals surface area contributed by atoms with E-state index in [9.17, 15) is 27.2 Å². The zero-order valence-electron chi connectivity index (χ0n) is 14.7. The zero-order chi connectivity index (χ0) is 20.9. The molecule has 0 spiro atoms. The second kappa shape index (κ2) is 8.73. The Morgan fingerprint density at radius 2 is 1.64 bits per heavy atom. The van der Waals surface area contributed by atoms with E-state index in [0.717, 1.165) is 29.2 Å². The summed E-state index contributed by atoms with van der Waals surface area (Å²) >= 11 is 0. The van der Waals surface area contributed by atoms with Crippen LogP contribution in [-0.4, -0.2) is 35.5 Å². The number of rotatable bonds is 7. The molecule has 1 amide bonds. The Labute approximate surface area is 158 Å². The summed E-state index contributed by atoms with van der Waals surface area (Å²) < 4.78 is 57.1. The number of hydrogen-bond donors (Lipinski definition) is 1. The van der Waals surface area contributed by atoms with Gasteiger partial charge in [-0.3, -0.25) is 4.79 Å². The number of amides is 1. The molecule has 150 valence electrons. The van der Waals surface area contributed by atoms with Gasteiger partial charge in [-0.1, -0.05) is 24.3 Å². The summed E-state index contributed by atoms with van der Waals surface area (Å²) in [7, 11) is 1.37. The van der Waals surface area contributed by atoms with Crippen molar-refractivity contribution in [2.75, 3.05) is 13.7 Å². The maximum atomic E-state index is 14.4. The number of nitrogens with zero attached hydrogens (tertiary/aromatic N) is 1. The van der Waals surface area contributed by atoms with Crippen molar-refractivity contribution < 1.29 is 37.0 Å². The third-order valence-electron chi connectivity index (χ3n) is 3.83. The third kappa shape index (κ3) is 5.70. The number of ether oxygens (including phenoxy) is 1. The lowest BCUT2D eigenvalue weighted by atomic mass is 10.1. The molecule has 28 heavy (non-hydrogen) atoms. The molecule has 0 aromatic heterocycles. The van der Waals surface area contributed by atoms with Crippen molar-refractivity contribution in [3.05, 3.63) is 65.2 Å². The molecule has 2 aromatic carbocycles. The van der Waals surface area contributed by atoms with Gasteiger partial charge in [0.2, 0.25) is 6.17 Å². The lowest BCUT2D eigenvalue weighted by Gasteiger charge is -2.20. The Hall–Kier alpha value is -3.10. The molecule has 0 aliphatic heterocycles. The summed E-state index contributed by atoms with van der Waals surface area (Å²) in [5.41, 5.74) is -0.449. The number of aliphatic carboxylic acids is 1. The van der Waals surface area contributed by atoms with E-state index in [1.807, 2.05) is 0 Å². The van der Waals surface area contributed by atoms with Crippen molar-refractivity contribution in [2.24, 2.45) is 0 Å². The van der Waals surface area contributed by atoms with Crippen molar-refractivity contribution in [1.82, 2.24) is 4.90 Å². The predicted molar refractivity (Wildman–Crippen MR) is 91.3 cm³/mol. The van der Waals surface area contributed by atoms with Gasteiger partial charge in [0.05, 0.1) is 5.56 Å². The SMILES string of the molecule is CN(Cc1ccc(OCC(=O)O)cc1)C(=O)C(F)c1ccc(C(F)(F)F)cc1. The van der Waals surface area contributed by atoms with E-state index in [1.165, 1.54) is 19.2 Å². The molecule has 0 heterocycles. The van der Waals surface area contributed by atoms with Crippen molar-refractivity contribution in [2.45, 2.75) is 18.9 Å². The molecule has 0 aliphatic carbocycles. The number of carboxylic acid groups (broad SMARTS) is 1. The topological polar surface area (TPSA) is 66.8 Å². The number of halogens is 4. The van der Waals surface area contributed by atoms with Gasteiger partial charge >= 0.3 is 12.1 Å². The second-order valence-corrected chi connectivity index (χ2v) is 6.00. The van der Waals surface area contributed by atoms with Crippen LogP contribution in [0.3, 0.4) is 0 Å². The Balaban J connectivity index is 1.98. The van der Waals surface area contributed by atoms with E-state index >= 15 is 0 Å². The molecule has 1 atom stereocenters. The van der Waals surface area contributed by atoms with Crippen LogP contribution in [0.4, 0.5) is 17.6 Å². The number of carboxylic acids is 1. The highest BCUT2D eigenvalue weighted by Gasteiger charge is 2.31. The van der Waals surface area contributed by atoms with Gasteiger partial charge in [-0.2, -0.15) is 13.2 Å². The normalized spacial score (nSPS) is 12.3. The lowest BCUT2D eigenvalue weighted by molar-refractivity contribution is -0.139. The Morgan fingerprint density at radius 3 is 2.14 bits per heavy atom. The van der Waals surface area contributed by atoms with E-state index in [4.69, 9.17) is 9.84 Å². The number of carbonyl (C=O) groups is 2. The average molecular weight is 399 g/mol. The van der Waals surface area contributed by atoms with Gasteiger partial charge in [0.15, 0.2) is 6.61 Å². The molecule has 1 unspecified atom stereocenters. The molecule has 0 aliphatic rings. The van der Waals surface area contributed by atoms with E-state index in [1.54, 1.807) is 12.1 Å². The highest BCUT2D eigenvalue weighted by atomic mass is 19.4. The predicted octanol–water partition coefficient (Wildman–Crippen LogP) is 3.84. The van der Waals surface area contributed by atoms with Gasteiger partial charge in [-0.15, -0.1) is 0 Å². The minimum absolute atomic E-state index is 0.0547. The van der Waals surface area contributed by atoms with Gasteiger partial charge in [-0.05, 0) is 35.4 Å². The highest BCUT2D eigenvalue weighted by Crippen LogP contribution is 2.30. The zero-order valence-corrected chi connectivity index (χ0v) is 14.7.